The van der Waals surface area contributed by atoms with Gasteiger partial charge >= 0.3 is 6.01 Å². The minimum absolute atomic E-state index is 0.254. The van der Waals surface area contributed by atoms with E-state index in [1.165, 1.54) is 0 Å². The van der Waals surface area contributed by atoms with Gasteiger partial charge < -0.3 is 4.74 Å². The fraction of sp³-hybridized carbons (Fsp3) is 0.400. The largest absolute Gasteiger partial charge is 0.404 e. The number of nitrogens with zero attached hydrogens (tertiary/aromatic N) is 5. The predicted molar refractivity (Wildman–Crippen MR) is 60.1 cm³/mol. The molecule has 0 spiro atoms. The molecule has 0 radical (unpaired) electrons. The van der Waals surface area contributed by atoms with E-state index in [1.807, 2.05) is 0 Å². The average Bonchev–Trinajstić information content (AvgIpc) is 3.03. The van der Waals surface area contributed by atoms with Gasteiger partial charge in [0.2, 0.25) is 5.88 Å². The molecule has 17 heavy (non-hydrogen) atoms. The van der Waals surface area contributed by atoms with Crippen LogP contribution in [0.15, 0.2) is 12.4 Å². The lowest BCUT2D eigenvalue weighted by Crippen LogP contribution is -1.97. The Morgan fingerprint density at radius 1 is 1.41 bits per heavy atom. The molecule has 2 aromatic heterocycles. The quantitative estimate of drug-likeness (QED) is 0.780. The van der Waals surface area contributed by atoms with Gasteiger partial charge in [-0.1, -0.05) is 11.6 Å². The third-order valence-electron chi connectivity index (χ3n) is 2.41. The number of ether oxygens (including phenoxy) is 1. The van der Waals surface area contributed by atoms with Crippen LogP contribution >= 0.6 is 11.6 Å². The van der Waals surface area contributed by atoms with Crippen molar-refractivity contribution in [3.63, 3.8) is 0 Å². The zero-order valence-corrected chi connectivity index (χ0v) is 9.92. The van der Waals surface area contributed by atoms with Crippen LogP contribution in [0.5, 0.6) is 11.9 Å². The molecule has 3 rings (SSSR count). The normalized spacial score (nSPS) is 14.9. The van der Waals surface area contributed by atoms with E-state index in [2.05, 4.69) is 20.1 Å². The first-order valence-electron chi connectivity index (χ1n) is 5.29. The molecular formula is C10H10ClN5O. The van der Waals surface area contributed by atoms with Crippen molar-refractivity contribution in [1.29, 1.82) is 0 Å². The summed E-state index contributed by atoms with van der Waals surface area (Å²) in [7, 11) is 1.77. The molecule has 0 aromatic carbocycles. The van der Waals surface area contributed by atoms with Crippen molar-refractivity contribution < 1.29 is 4.74 Å². The van der Waals surface area contributed by atoms with E-state index in [9.17, 15) is 0 Å². The summed E-state index contributed by atoms with van der Waals surface area (Å²) >= 11 is 5.92. The summed E-state index contributed by atoms with van der Waals surface area (Å²) in [5.74, 6) is 1.55. The summed E-state index contributed by atoms with van der Waals surface area (Å²) in [6.07, 6.45) is 3.78. The molecule has 2 aromatic rings. The summed E-state index contributed by atoms with van der Waals surface area (Å²) in [5.41, 5.74) is 0. The minimum Gasteiger partial charge on any atom is -0.404 e. The highest BCUT2D eigenvalue weighted by Gasteiger charge is 2.27. The highest BCUT2D eigenvalue weighted by molar-refractivity contribution is 6.29. The van der Waals surface area contributed by atoms with E-state index < -0.39 is 0 Å². The van der Waals surface area contributed by atoms with Crippen LogP contribution in [-0.4, -0.2) is 24.7 Å². The second-order valence-electron chi connectivity index (χ2n) is 3.96. The number of rotatable bonds is 3. The first kappa shape index (κ1) is 10.5. The van der Waals surface area contributed by atoms with Crippen molar-refractivity contribution in [2.24, 2.45) is 7.05 Å². The van der Waals surface area contributed by atoms with Gasteiger partial charge in [0, 0.05) is 19.0 Å². The molecule has 1 aliphatic carbocycles. The van der Waals surface area contributed by atoms with Crippen molar-refractivity contribution in [2.45, 2.75) is 18.8 Å². The Balaban J connectivity index is 1.86. The summed E-state index contributed by atoms with van der Waals surface area (Å²) in [5, 5.41) is 4.39. The summed E-state index contributed by atoms with van der Waals surface area (Å²) in [6.45, 7) is 0. The van der Waals surface area contributed by atoms with Gasteiger partial charge in [0.05, 0.1) is 0 Å². The van der Waals surface area contributed by atoms with E-state index in [-0.39, 0.29) is 6.01 Å². The molecule has 88 valence electrons. The Hall–Kier alpha value is -1.69. The van der Waals surface area contributed by atoms with Crippen molar-refractivity contribution in [2.75, 3.05) is 0 Å². The first-order chi connectivity index (χ1) is 8.20. The van der Waals surface area contributed by atoms with E-state index in [1.54, 1.807) is 24.1 Å². The molecule has 0 unspecified atom stereocenters. The molecule has 1 fully saturated rings. The molecule has 7 heteroatoms. The number of hydrogen-bond acceptors (Lipinski definition) is 5. The summed E-state index contributed by atoms with van der Waals surface area (Å²) in [6, 6.07) is 1.81. The third-order valence-corrected chi connectivity index (χ3v) is 2.60. The maximum absolute atomic E-state index is 5.92. The first-order valence-corrected chi connectivity index (χ1v) is 5.66. The second kappa shape index (κ2) is 3.96. The molecule has 1 aliphatic rings. The van der Waals surface area contributed by atoms with E-state index in [0.717, 1.165) is 18.7 Å². The SMILES string of the molecule is Cn1cnc(Oc2cc(Cl)nc(C3CC3)n2)n1. The van der Waals surface area contributed by atoms with Crippen LogP contribution in [0.4, 0.5) is 0 Å². The fourth-order valence-electron chi connectivity index (χ4n) is 1.45. The highest BCUT2D eigenvalue weighted by atomic mass is 35.5. The topological polar surface area (TPSA) is 65.7 Å². The van der Waals surface area contributed by atoms with Crippen molar-refractivity contribution in [1.82, 2.24) is 24.7 Å². The van der Waals surface area contributed by atoms with Gasteiger partial charge in [0.1, 0.15) is 17.3 Å². The van der Waals surface area contributed by atoms with Crippen molar-refractivity contribution in [3.05, 3.63) is 23.4 Å². The fourth-order valence-corrected chi connectivity index (χ4v) is 1.63. The number of aryl methyl sites for hydroxylation is 1. The van der Waals surface area contributed by atoms with Gasteiger partial charge in [-0.2, -0.15) is 9.97 Å². The molecule has 2 heterocycles. The van der Waals surface area contributed by atoms with Crippen LogP contribution in [0.2, 0.25) is 5.15 Å². The smallest absolute Gasteiger partial charge is 0.342 e. The Morgan fingerprint density at radius 2 is 2.24 bits per heavy atom. The number of hydrogen-bond donors (Lipinski definition) is 0. The Bertz CT molecular complexity index is 551. The molecular weight excluding hydrogens is 242 g/mol. The molecule has 0 aliphatic heterocycles. The summed E-state index contributed by atoms with van der Waals surface area (Å²) < 4.78 is 6.98. The Labute approximate surface area is 103 Å². The van der Waals surface area contributed by atoms with Crippen LogP contribution in [0.25, 0.3) is 0 Å². The number of aromatic nitrogens is 5. The van der Waals surface area contributed by atoms with Crippen LogP contribution < -0.4 is 4.74 Å². The lowest BCUT2D eigenvalue weighted by molar-refractivity contribution is 0.419. The van der Waals surface area contributed by atoms with Gasteiger partial charge in [-0.3, -0.25) is 4.68 Å². The van der Waals surface area contributed by atoms with Gasteiger partial charge in [-0.05, 0) is 12.8 Å². The maximum atomic E-state index is 5.92. The van der Waals surface area contributed by atoms with Gasteiger partial charge in [0.15, 0.2) is 0 Å². The lowest BCUT2D eigenvalue weighted by Gasteiger charge is -2.03. The van der Waals surface area contributed by atoms with Crippen molar-refractivity contribution in [3.8, 4) is 11.9 Å². The molecule has 0 saturated heterocycles. The van der Waals surface area contributed by atoms with E-state index in [4.69, 9.17) is 16.3 Å². The zero-order valence-electron chi connectivity index (χ0n) is 9.17. The maximum Gasteiger partial charge on any atom is 0.342 e. The molecule has 0 atom stereocenters. The van der Waals surface area contributed by atoms with Crippen molar-refractivity contribution >= 4 is 11.6 Å². The standard InChI is InChI=1S/C10H10ClN5O/c1-16-5-12-10(15-16)17-8-4-7(11)13-9(14-8)6-2-3-6/h4-6H,2-3H2,1H3. The number of halogens is 1. The lowest BCUT2D eigenvalue weighted by atomic mass is 10.4. The highest BCUT2D eigenvalue weighted by Crippen LogP contribution is 2.39. The average molecular weight is 252 g/mol. The minimum atomic E-state index is 0.254. The van der Waals surface area contributed by atoms with Crippen LogP contribution in [0.3, 0.4) is 0 Å². The van der Waals surface area contributed by atoms with Gasteiger partial charge in [-0.15, -0.1) is 5.10 Å². The molecule has 6 nitrogen and oxygen atoms in total. The Morgan fingerprint density at radius 3 is 2.88 bits per heavy atom. The monoisotopic (exact) mass is 251 g/mol. The Kier molecular flexibility index (Phi) is 2.44. The van der Waals surface area contributed by atoms with Gasteiger partial charge in [0.25, 0.3) is 0 Å². The molecule has 0 amide bonds. The van der Waals surface area contributed by atoms with Crippen LogP contribution in [0, 0.1) is 0 Å². The summed E-state index contributed by atoms with van der Waals surface area (Å²) in [4.78, 5) is 12.4. The van der Waals surface area contributed by atoms with Crippen LogP contribution in [-0.2, 0) is 7.05 Å². The second-order valence-corrected chi connectivity index (χ2v) is 4.35. The van der Waals surface area contributed by atoms with Crippen LogP contribution in [0.1, 0.15) is 24.6 Å². The van der Waals surface area contributed by atoms with E-state index in [0.29, 0.717) is 17.0 Å². The van der Waals surface area contributed by atoms with E-state index >= 15 is 0 Å². The molecule has 0 bridgehead atoms. The zero-order chi connectivity index (χ0) is 11.8. The molecule has 0 N–H and O–H groups in total. The third kappa shape index (κ3) is 2.36. The predicted octanol–water partition coefficient (Wildman–Crippen LogP) is 1.93. The molecule has 1 saturated carbocycles. The van der Waals surface area contributed by atoms with Gasteiger partial charge in [-0.25, -0.2) is 4.98 Å².